The maximum Gasteiger partial charge on any atom is 0.331 e. The number of nitrogens with one attached hydrogen (secondary N) is 1. The third kappa shape index (κ3) is 5.14. The van der Waals surface area contributed by atoms with Crippen molar-refractivity contribution in [2.75, 3.05) is 0 Å². The van der Waals surface area contributed by atoms with Gasteiger partial charge in [-0.2, -0.15) is 5.26 Å². The molecule has 1 N–H and O–H groups in total. The Hall–Kier alpha value is -3.33. The molecule has 122 valence electrons. The highest BCUT2D eigenvalue weighted by Gasteiger charge is 2.16. The molecule has 0 aliphatic carbocycles. The van der Waals surface area contributed by atoms with Crippen LogP contribution in [0.2, 0.25) is 0 Å². The number of rotatable bonds is 6. The summed E-state index contributed by atoms with van der Waals surface area (Å²) >= 11 is 0. The summed E-state index contributed by atoms with van der Waals surface area (Å²) in [6, 6.07) is 12.2. The van der Waals surface area contributed by atoms with E-state index in [1.165, 1.54) is 19.3 Å². The van der Waals surface area contributed by atoms with E-state index < -0.39 is 18.0 Å². The van der Waals surface area contributed by atoms with Gasteiger partial charge in [0.05, 0.1) is 24.4 Å². The Morgan fingerprint density at radius 3 is 2.71 bits per heavy atom. The molecule has 1 aromatic carbocycles. The van der Waals surface area contributed by atoms with Crippen LogP contribution in [0.1, 0.15) is 23.8 Å². The van der Waals surface area contributed by atoms with Crippen LogP contribution in [-0.4, -0.2) is 18.0 Å². The molecule has 6 nitrogen and oxygen atoms in total. The number of ether oxygens (including phenoxy) is 1. The molecular weight excluding hydrogens is 308 g/mol. The van der Waals surface area contributed by atoms with Gasteiger partial charge in [0, 0.05) is 6.08 Å². The lowest BCUT2D eigenvalue weighted by atomic mass is 10.1. The predicted octanol–water partition coefficient (Wildman–Crippen LogP) is 2.41. The first-order chi connectivity index (χ1) is 11.6. The Bertz CT molecular complexity index is 755. The van der Waals surface area contributed by atoms with Crippen LogP contribution < -0.4 is 5.32 Å². The quantitative estimate of drug-likeness (QED) is 0.650. The minimum absolute atomic E-state index is 0.231. The van der Waals surface area contributed by atoms with Crippen LogP contribution in [-0.2, 0) is 20.9 Å². The van der Waals surface area contributed by atoms with Gasteiger partial charge in [0.1, 0.15) is 5.76 Å². The first-order valence-corrected chi connectivity index (χ1v) is 7.27. The summed E-state index contributed by atoms with van der Waals surface area (Å²) in [6.45, 7) is 1.72. The van der Waals surface area contributed by atoms with Crippen LogP contribution in [0.3, 0.4) is 0 Å². The SMILES string of the molecule is C[C@H](OC(=O)/C=C/c1ccc(C#N)cc1)C(=O)NCc1ccco1. The highest BCUT2D eigenvalue weighted by Crippen LogP contribution is 2.06. The van der Waals surface area contributed by atoms with Crippen LogP contribution in [0.15, 0.2) is 53.2 Å². The van der Waals surface area contributed by atoms with E-state index in [2.05, 4.69) is 5.32 Å². The second-order valence-corrected chi connectivity index (χ2v) is 4.94. The number of nitriles is 1. The Balaban J connectivity index is 1.80. The van der Waals surface area contributed by atoms with Crippen molar-refractivity contribution in [3.05, 3.63) is 65.6 Å². The Kier molecular flexibility index (Phi) is 5.92. The third-order valence-electron chi connectivity index (χ3n) is 3.13. The predicted molar refractivity (Wildman–Crippen MR) is 86.3 cm³/mol. The fourth-order valence-corrected chi connectivity index (χ4v) is 1.83. The zero-order valence-corrected chi connectivity index (χ0v) is 13.1. The molecule has 0 saturated carbocycles. The van der Waals surface area contributed by atoms with Crippen LogP contribution in [0.4, 0.5) is 0 Å². The Morgan fingerprint density at radius 1 is 1.33 bits per heavy atom. The monoisotopic (exact) mass is 324 g/mol. The van der Waals surface area contributed by atoms with Gasteiger partial charge in [0.25, 0.3) is 5.91 Å². The minimum Gasteiger partial charge on any atom is -0.467 e. The highest BCUT2D eigenvalue weighted by molar-refractivity contribution is 5.90. The first-order valence-electron chi connectivity index (χ1n) is 7.27. The highest BCUT2D eigenvalue weighted by atomic mass is 16.5. The van der Waals surface area contributed by atoms with Crippen molar-refractivity contribution in [3.8, 4) is 6.07 Å². The summed E-state index contributed by atoms with van der Waals surface area (Å²) in [4.78, 5) is 23.6. The van der Waals surface area contributed by atoms with Gasteiger partial charge in [-0.15, -0.1) is 0 Å². The van der Waals surface area contributed by atoms with Crippen molar-refractivity contribution in [2.24, 2.45) is 0 Å². The zero-order valence-electron chi connectivity index (χ0n) is 13.1. The van der Waals surface area contributed by atoms with E-state index in [9.17, 15) is 9.59 Å². The fraction of sp³-hybridized carbons (Fsp3) is 0.167. The molecule has 24 heavy (non-hydrogen) atoms. The Morgan fingerprint density at radius 2 is 2.08 bits per heavy atom. The molecular formula is C18H16N2O4. The molecule has 0 spiro atoms. The average molecular weight is 324 g/mol. The molecule has 0 aliphatic rings. The number of furan rings is 1. The van der Waals surface area contributed by atoms with Gasteiger partial charge < -0.3 is 14.5 Å². The van der Waals surface area contributed by atoms with E-state index >= 15 is 0 Å². The van der Waals surface area contributed by atoms with Crippen molar-refractivity contribution in [2.45, 2.75) is 19.6 Å². The van der Waals surface area contributed by atoms with Crippen LogP contribution in [0, 0.1) is 11.3 Å². The molecule has 1 amide bonds. The maximum absolute atomic E-state index is 11.8. The van der Waals surface area contributed by atoms with Gasteiger partial charge in [-0.1, -0.05) is 12.1 Å². The maximum atomic E-state index is 11.8. The molecule has 0 radical (unpaired) electrons. The molecule has 0 unspecified atom stereocenters. The van der Waals surface area contributed by atoms with Crippen molar-refractivity contribution in [3.63, 3.8) is 0 Å². The summed E-state index contributed by atoms with van der Waals surface area (Å²) in [7, 11) is 0. The van der Waals surface area contributed by atoms with Gasteiger partial charge in [-0.3, -0.25) is 4.79 Å². The van der Waals surface area contributed by atoms with E-state index in [4.69, 9.17) is 14.4 Å². The lowest BCUT2D eigenvalue weighted by Crippen LogP contribution is -2.35. The third-order valence-corrected chi connectivity index (χ3v) is 3.13. The molecule has 6 heteroatoms. The molecule has 0 fully saturated rings. The standard InChI is InChI=1S/C18H16N2O4/c1-13(18(22)20-12-16-3-2-10-23-16)24-17(21)9-8-14-4-6-15(11-19)7-5-14/h2-10,13H,12H2,1H3,(H,20,22)/b9-8+/t13-/m0/s1. The molecule has 0 saturated heterocycles. The molecule has 0 bridgehead atoms. The van der Waals surface area contributed by atoms with E-state index in [-0.39, 0.29) is 6.54 Å². The van der Waals surface area contributed by atoms with Crippen molar-refractivity contribution < 1.29 is 18.7 Å². The largest absolute Gasteiger partial charge is 0.467 e. The zero-order chi connectivity index (χ0) is 17.4. The van der Waals surface area contributed by atoms with E-state index in [0.717, 1.165) is 5.56 Å². The first kappa shape index (κ1) is 17.0. The summed E-state index contributed by atoms with van der Waals surface area (Å²) in [5.74, 6) is -0.422. The van der Waals surface area contributed by atoms with Crippen molar-refractivity contribution in [1.29, 1.82) is 5.26 Å². The van der Waals surface area contributed by atoms with E-state index in [1.54, 1.807) is 42.5 Å². The van der Waals surface area contributed by atoms with Crippen LogP contribution >= 0.6 is 0 Å². The molecule has 1 atom stereocenters. The van der Waals surface area contributed by atoms with E-state index in [1.807, 2.05) is 6.07 Å². The minimum atomic E-state index is -0.918. The topological polar surface area (TPSA) is 92.3 Å². The lowest BCUT2D eigenvalue weighted by Gasteiger charge is -2.11. The van der Waals surface area contributed by atoms with Gasteiger partial charge in [0.15, 0.2) is 6.10 Å². The summed E-state index contributed by atoms with van der Waals surface area (Å²) in [6.07, 6.45) is 3.38. The summed E-state index contributed by atoms with van der Waals surface area (Å²) in [5, 5.41) is 11.3. The lowest BCUT2D eigenvalue weighted by molar-refractivity contribution is -0.150. The smallest absolute Gasteiger partial charge is 0.331 e. The summed E-state index contributed by atoms with van der Waals surface area (Å²) < 4.78 is 10.1. The number of benzene rings is 1. The number of carbonyl (C=O) groups excluding carboxylic acids is 2. The van der Waals surface area contributed by atoms with Crippen LogP contribution in [0.25, 0.3) is 6.08 Å². The molecule has 1 aromatic heterocycles. The number of esters is 1. The van der Waals surface area contributed by atoms with Gasteiger partial charge in [-0.05, 0) is 42.8 Å². The normalized spacial score (nSPS) is 11.7. The number of hydrogen-bond acceptors (Lipinski definition) is 5. The molecule has 0 aliphatic heterocycles. The molecule has 2 rings (SSSR count). The second kappa shape index (κ2) is 8.34. The second-order valence-electron chi connectivity index (χ2n) is 4.94. The number of amides is 1. The van der Waals surface area contributed by atoms with Crippen molar-refractivity contribution in [1.82, 2.24) is 5.32 Å². The van der Waals surface area contributed by atoms with Crippen LogP contribution in [0.5, 0.6) is 0 Å². The van der Waals surface area contributed by atoms with Gasteiger partial charge in [-0.25, -0.2) is 4.79 Å². The van der Waals surface area contributed by atoms with E-state index in [0.29, 0.717) is 11.3 Å². The Labute approximate surface area is 139 Å². The number of hydrogen-bond donors (Lipinski definition) is 1. The van der Waals surface area contributed by atoms with Gasteiger partial charge in [0.2, 0.25) is 0 Å². The number of nitrogens with zero attached hydrogens (tertiary/aromatic N) is 1. The van der Waals surface area contributed by atoms with Gasteiger partial charge >= 0.3 is 5.97 Å². The molecule has 1 heterocycles. The fourth-order valence-electron chi connectivity index (χ4n) is 1.83. The average Bonchev–Trinajstić information content (AvgIpc) is 3.11. The number of carbonyl (C=O) groups is 2. The summed E-state index contributed by atoms with van der Waals surface area (Å²) in [5.41, 5.74) is 1.29. The molecule has 2 aromatic rings. The van der Waals surface area contributed by atoms with Crippen molar-refractivity contribution >= 4 is 18.0 Å².